The Morgan fingerprint density at radius 3 is 2.67 bits per heavy atom. The molecule has 0 saturated heterocycles. The first kappa shape index (κ1) is 16.7. The third-order valence-corrected chi connectivity index (χ3v) is 4.94. The molecule has 0 bridgehead atoms. The summed E-state index contributed by atoms with van der Waals surface area (Å²) in [7, 11) is 0. The second-order valence-corrected chi connectivity index (χ2v) is 8.38. The minimum atomic E-state index is -0.275. The molecule has 0 unspecified atom stereocenters. The maximum Gasteiger partial charge on any atom is 0.361 e. The summed E-state index contributed by atoms with van der Waals surface area (Å²) in [5.41, 5.74) is 0.772. The number of nitrogens with zero attached hydrogens (tertiary/aromatic N) is 6. The zero-order valence-electron chi connectivity index (χ0n) is 14.6. The first-order valence-corrected chi connectivity index (χ1v) is 8.65. The Morgan fingerprint density at radius 1 is 1.25 bits per heavy atom. The van der Waals surface area contributed by atoms with Crippen LogP contribution in [-0.4, -0.2) is 30.7 Å². The monoisotopic (exact) mass is 348 g/mol. The summed E-state index contributed by atoms with van der Waals surface area (Å²) >= 11 is 1.68. The molecule has 1 N–H and O–H groups in total. The van der Waals surface area contributed by atoms with Crippen molar-refractivity contribution in [1.82, 2.24) is 30.7 Å². The minimum absolute atomic E-state index is 0.0640. The molecule has 0 spiro atoms. The van der Waals surface area contributed by atoms with Gasteiger partial charge in [-0.3, -0.25) is 0 Å². The number of thiazole rings is 1. The van der Waals surface area contributed by atoms with Gasteiger partial charge < -0.3 is 4.42 Å². The van der Waals surface area contributed by atoms with Crippen LogP contribution in [0, 0.1) is 0 Å². The quantitative estimate of drug-likeness (QED) is 0.706. The van der Waals surface area contributed by atoms with E-state index in [4.69, 9.17) is 4.42 Å². The molecule has 9 heteroatoms. The van der Waals surface area contributed by atoms with E-state index in [0.29, 0.717) is 24.7 Å². The van der Waals surface area contributed by atoms with Gasteiger partial charge in [0, 0.05) is 15.9 Å². The smallest absolute Gasteiger partial charge is 0.361 e. The number of hydrogen-bond donors (Lipinski definition) is 1. The van der Waals surface area contributed by atoms with Crippen molar-refractivity contribution in [3.8, 4) is 0 Å². The maximum atomic E-state index is 5.58. The Balaban J connectivity index is 1.69. The molecule has 0 atom stereocenters. The lowest BCUT2D eigenvalue weighted by Crippen LogP contribution is -2.45. The number of aromatic nitrogens is 7. The number of rotatable bonds is 5. The second kappa shape index (κ2) is 6.04. The SMILES string of the molecule is CC(C)(C)c1nc(Cc2n[n+](CC(C)(C)c3nnn[nH]3)co2)cs1. The molecule has 0 aliphatic heterocycles. The van der Waals surface area contributed by atoms with Gasteiger partial charge in [0.05, 0.1) is 22.5 Å². The van der Waals surface area contributed by atoms with Crippen LogP contribution in [0.5, 0.6) is 0 Å². The van der Waals surface area contributed by atoms with Crippen molar-refractivity contribution in [2.45, 2.75) is 58.4 Å². The highest BCUT2D eigenvalue weighted by Gasteiger charge is 2.32. The standard InChI is InChI=1S/C15H22N7OS/c1-14(2,3)13-16-10(7-24-13)6-11-19-22(9-23-11)8-15(4,5)12-17-20-21-18-12/h7,9H,6,8H2,1-5H3,(H,17,18,20,21)/q+1. The Kier molecular flexibility index (Phi) is 4.20. The van der Waals surface area contributed by atoms with Crippen molar-refractivity contribution in [3.63, 3.8) is 0 Å². The van der Waals surface area contributed by atoms with E-state index in [2.05, 4.69) is 56.9 Å². The maximum absolute atomic E-state index is 5.58. The van der Waals surface area contributed by atoms with Crippen LogP contribution in [0.3, 0.4) is 0 Å². The third-order valence-electron chi connectivity index (χ3n) is 3.62. The Bertz CT molecular complexity index is 798. The molecule has 0 radical (unpaired) electrons. The largest absolute Gasteiger partial charge is 0.388 e. The van der Waals surface area contributed by atoms with E-state index in [-0.39, 0.29) is 10.8 Å². The molecular weight excluding hydrogens is 326 g/mol. The van der Waals surface area contributed by atoms with Crippen molar-refractivity contribution in [1.29, 1.82) is 0 Å². The number of tetrazole rings is 1. The fourth-order valence-corrected chi connectivity index (χ4v) is 3.18. The fourth-order valence-electron chi connectivity index (χ4n) is 2.28. The van der Waals surface area contributed by atoms with E-state index < -0.39 is 0 Å². The Morgan fingerprint density at radius 2 is 2.04 bits per heavy atom. The first-order valence-electron chi connectivity index (χ1n) is 7.77. The van der Waals surface area contributed by atoms with Crippen LogP contribution < -0.4 is 4.68 Å². The lowest BCUT2D eigenvalue weighted by atomic mass is 9.93. The fraction of sp³-hybridized carbons (Fsp3) is 0.600. The number of nitrogens with one attached hydrogen (secondary N) is 1. The molecule has 0 aromatic carbocycles. The van der Waals surface area contributed by atoms with Gasteiger partial charge in [0.15, 0.2) is 12.4 Å². The van der Waals surface area contributed by atoms with Gasteiger partial charge in [-0.05, 0) is 24.3 Å². The molecule has 0 fully saturated rings. The zero-order chi connectivity index (χ0) is 17.4. The molecular formula is C15H22N7OS+. The average molecular weight is 348 g/mol. The van der Waals surface area contributed by atoms with Crippen molar-refractivity contribution < 1.29 is 9.10 Å². The molecule has 3 aromatic heterocycles. The van der Waals surface area contributed by atoms with Gasteiger partial charge >= 0.3 is 6.39 Å². The zero-order valence-corrected chi connectivity index (χ0v) is 15.4. The van der Waals surface area contributed by atoms with Crippen LogP contribution >= 0.6 is 11.3 Å². The molecule has 0 saturated carbocycles. The van der Waals surface area contributed by atoms with E-state index in [9.17, 15) is 0 Å². The summed E-state index contributed by atoms with van der Waals surface area (Å²) in [6, 6.07) is 0. The molecule has 0 amide bonds. The molecule has 0 aliphatic carbocycles. The minimum Gasteiger partial charge on any atom is -0.388 e. The molecule has 3 rings (SSSR count). The van der Waals surface area contributed by atoms with Crippen molar-refractivity contribution >= 4 is 11.3 Å². The Labute approximate surface area is 144 Å². The van der Waals surface area contributed by atoms with Gasteiger partial charge in [-0.15, -0.1) is 16.4 Å². The van der Waals surface area contributed by atoms with Crippen LogP contribution in [0.4, 0.5) is 0 Å². The highest BCUT2D eigenvalue weighted by Crippen LogP contribution is 2.26. The third kappa shape index (κ3) is 3.66. The van der Waals surface area contributed by atoms with Gasteiger partial charge in [0.2, 0.25) is 0 Å². The van der Waals surface area contributed by atoms with E-state index >= 15 is 0 Å². The van der Waals surface area contributed by atoms with Crippen LogP contribution in [0.25, 0.3) is 0 Å². The van der Waals surface area contributed by atoms with Crippen LogP contribution in [0.15, 0.2) is 16.2 Å². The lowest BCUT2D eigenvalue weighted by Gasteiger charge is -2.14. The predicted molar refractivity (Wildman–Crippen MR) is 87.5 cm³/mol. The molecule has 3 heterocycles. The summed E-state index contributed by atoms with van der Waals surface area (Å²) in [6.07, 6.45) is 2.21. The van der Waals surface area contributed by atoms with Gasteiger partial charge in [-0.25, -0.2) is 10.1 Å². The molecule has 128 valence electrons. The topological polar surface area (TPSA) is 97.3 Å². The number of hydrogen-bond acceptors (Lipinski definition) is 7. The van der Waals surface area contributed by atoms with E-state index in [1.165, 1.54) is 0 Å². The number of aromatic amines is 1. The summed E-state index contributed by atoms with van der Waals surface area (Å²) in [4.78, 5) is 4.68. The highest BCUT2D eigenvalue weighted by atomic mass is 32.1. The molecule has 0 aliphatic rings. The summed E-state index contributed by atoms with van der Waals surface area (Å²) < 4.78 is 7.35. The average Bonchev–Trinajstić information content (AvgIpc) is 3.18. The summed E-state index contributed by atoms with van der Waals surface area (Å²) in [5.74, 6) is 1.36. The van der Waals surface area contributed by atoms with E-state index in [0.717, 1.165) is 10.7 Å². The van der Waals surface area contributed by atoms with Crippen LogP contribution in [-0.2, 0) is 23.8 Å². The van der Waals surface area contributed by atoms with E-state index in [1.54, 1.807) is 22.4 Å². The Hall–Kier alpha value is -2.16. The van der Waals surface area contributed by atoms with Crippen LogP contribution in [0.2, 0.25) is 0 Å². The van der Waals surface area contributed by atoms with Crippen molar-refractivity contribution in [2.24, 2.45) is 0 Å². The lowest BCUT2D eigenvalue weighted by molar-refractivity contribution is -0.761. The molecule has 3 aromatic rings. The van der Waals surface area contributed by atoms with Crippen molar-refractivity contribution in [2.75, 3.05) is 0 Å². The van der Waals surface area contributed by atoms with Gasteiger partial charge in [-0.1, -0.05) is 25.5 Å². The van der Waals surface area contributed by atoms with Gasteiger partial charge in [0.1, 0.15) is 0 Å². The summed E-state index contributed by atoms with van der Waals surface area (Å²) in [6.45, 7) is 11.2. The van der Waals surface area contributed by atoms with Gasteiger partial charge in [-0.2, -0.15) is 0 Å². The summed E-state index contributed by atoms with van der Waals surface area (Å²) in [5, 5.41) is 21.8. The predicted octanol–water partition coefficient (Wildman–Crippen LogP) is 1.80. The first-order chi connectivity index (χ1) is 11.2. The normalized spacial score (nSPS) is 12.7. The number of H-pyrrole nitrogens is 1. The molecule has 8 nitrogen and oxygen atoms in total. The van der Waals surface area contributed by atoms with Crippen molar-refractivity contribution in [3.05, 3.63) is 34.2 Å². The van der Waals surface area contributed by atoms with Gasteiger partial charge in [0.25, 0.3) is 5.89 Å². The van der Waals surface area contributed by atoms with E-state index in [1.807, 2.05) is 13.8 Å². The van der Waals surface area contributed by atoms with Crippen LogP contribution in [0.1, 0.15) is 57.0 Å². The molecule has 24 heavy (non-hydrogen) atoms. The highest BCUT2D eigenvalue weighted by molar-refractivity contribution is 7.09. The second-order valence-electron chi connectivity index (χ2n) is 7.52.